The minimum Gasteiger partial charge on any atom is -0.508 e. The van der Waals surface area contributed by atoms with Gasteiger partial charge in [0, 0.05) is 6.07 Å². The average Bonchev–Trinajstić information content (AvgIpc) is 1.84. The van der Waals surface area contributed by atoms with E-state index in [2.05, 4.69) is 0 Å². The molecule has 0 heterocycles. The van der Waals surface area contributed by atoms with Gasteiger partial charge in [0.25, 0.3) is 0 Å². The predicted octanol–water partition coefficient (Wildman–Crippen LogP) is -0.954. The van der Waals surface area contributed by atoms with Gasteiger partial charge in [-0.1, -0.05) is 6.07 Å². The van der Waals surface area contributed by atoms with Crippen molar-refractivity contribution >= 4 is 7.32 Å². The Morgan fingerprint density at radius 2 is 1.25 bits per heavy atom. The molecule has 12 heavy (non-hydrogen) atoms. The molecular formula is C6H9BO5. The van der Waals surface area contributed by atoms with Crippen molar-refractivity contribution in [2.45, 2.75) is 0 Å². The Balaban J connectivity index is 0.000000261. The maximum absolute atomic E-state index is 8.65. The fourth-order valence-corrected chi connectivity index (χ4v) is 0.493. The Labute approximate surface area is 69.3 Å². The van der Waals surface area contributed by atoms with E-state index < -0.39 is 7.32 Å². The first-order chi connectivity index (χ1) is 5.52. The second-order valence-corrected chi connectivity index (χ2v) is 1.87. The number of phenolic OH excluding ortho intramolecular Hbond substituents is 2. The Kier molecular flexibility index (Phi) is 4.86. The SMILES string of the molecule is OB(O)O.Oc1cccc(O)c1. The highest BCUT2D eigenvalue weighted by Crippen LogP contribution is 2.14. The molecule has 1 rings (SSSR count). The first-order valence-electron chi connectivity index (χ1n) is 3.04. The Bertz CT molecular complexity index is 207. The zero-order valence-corrected chi connectivity index (χ0v) is 6.12. The van der Waals surface area contributed by atoms with Crippen molar-refractivity contribution in [2.24, 2.45) is 0 Å². The van der Waals surface area contributed by atoms with Gasteiger partial charge in [0.1, 0.15) is 11.5 Å². The third-order valence-corrected chi connectivity index (χ3v) is 0.830. The standard InChI is InChI=1S/C6H6O2.BH3O3/c7-5-2-1-3-6(8)4-5;2-1(3)4/h1-4,7-8H;2-4H. The summed E-state index contributed by atoms with van der Waals surface area (Å²) in [6.45, 7) is 0. The first-order valence-corrected chi connectivity index (χ1v) is 3.04. The molecule has 0 fully saturated rings. The van der Waals surface area contributed by atoms with E-state index >= 15 is 0 Å². The van der Waals surface area contributed by atoms with E-state index in [0.717, 1.165) is 0 Å². The Morgan fingerprint density at radius 1 is 0.917 bits per heavy atom. The summed E-state index contributed by atoms with van der Waals surface area (Å²) >= 11 is 0. The Hall–Kier alpha value is -1.24. The number of benzene rings is 1. The summed E-state index contributed by atoms with van der Waals surface area (Å²) in [7, 11) is -2.17. The minimum absolute atomic E-state index is 0.0880. The summed E-state index contributed by atoms with van der Waals surface area (Å²) in [5.41, 5.74) is 0. The number of hydrogen-bond donors (Lipinski definition) is 5. The molecule has 0 atom stereocenters. The molecular weight excluding hydrogens is 163 g/mol. The van der Waals surface area contributed by atoms with Crippen molar-refractivity contribution < 1.29 is 25.3 Å². The van der Waals surface area contributed by atoms with Gasteiger partial charge in [0.2, 0.25) is 0 Å². The molecule has 0 spiro atoms. The van der Waals surface area contributed by atoms with Crippen molar-refractivity contribution in [1.29, 1.82) is 0 Å². The predicted molar refractivity (Wildman–Crippen MR) is 42.2 cm³/mol. The van der Waals surface area contributed by atoms with Gasteiger partial charge in [0.15, 0.2) is 0 Å². The lowest BCUT2D eigenvalue weighted by molar-refractivity contribution is 0.278. The van der Waals surface area contributed by atoms with Crippen LogP contribution in [0.2, 0.25) is 0 Å². The summed E-state index contributed by atoms with van der Waals surface area (Å²) in [5, 5.41) is 38.8. The van der Waals surface area contributed by atoms with E-state index in [1.807, 2.05) is 0 Å². The lowest BCUT2D eigenvalue weighted by Gasteiger charge is -1.89. The van der Waals surface area contributed by atoms with Crippen LogP contribution in [0.15, 0.2) is 24.3 Å². The lowest BCUT2D eigenvalue weighted by Crippen LogP contribution is -2.07. The molecule has 1 aromatic carbocycles. The van der Waals surface area contributed by atoms with E-state index in [1.165, 1.54) is 18.2 Å². The molecule has 0 aliphatic carbocycles. The highest BCUT2D eigenvalue weighted by Gasteiger charge is 1.92. The van der Waals surface area contributed by atoms with Crippen molar-refractivity contribution in [3.63, 3.8) is 0 Å². The van der Waals surface area contributed by atoms with Crippen LogP contribution in [-0.4, -0.2) is 32.6 Å². The van der Waals surface area contributed by atoms with Crippen LogP contribution in [0.3, 0.4) is 0 Å². The summed E-state index contributed by atoms with van der Waals surface area (Å²) in [6.07, 6.45) is 0. The van der Waals surface area contributed by atoms with Gasteiger partial charge >= 0.3 is 7.32 Å². The highest BCUT2D eigenvalue weighted by molar-refractivity contribution is 6.30. The summed E-state index contributed by atoms with van der Waals surface area (Å²) in [5.74, 6) is 0.176. The molecule has 0 unspecified atom stereocenters. The summed E-state index contributed by atoms with van der Waals surface area (Å²) < 4.78 is 0. The normalized spacial score (nSPS) is 8.25. The van der Waals surface area contributed by atoms with E-state index in [9.17, 15) is 0 Å². The maximum Gasteiger partial charge on any atom is 0.631 e. The van der Waals surface area contributed by atoms with Gasteiger partial charge in [-0.15, -0.1) is 0 Å². The van der Waals surface area contributed by atoms with Crippen LogP contribution in [0.4, 0.5) is 0 Å². The third-order valence-electron chi connectivity index (χ3n) is 0.830. The van der Waals surface area contributed by atoms with Gasteiger partial charge in [-0.3, -0.25) is 0 Å². The van der Waals surface area contributed by atoms with Gasteiger partial charge in [-0.25, -0.2) is 0 Å². The monoisotopic (exact) mass is 172 g/mol. The fraction of sp³-hybridized carbons (Fsp3) is 0. The number of phenols is 2. The molecule has 0 aliphatic heterocycles. The molecule has 5 nitrogen and oxygen atoms in total. The molecule has 0 radical (unpaired) electrons. The summed E-state index contributed by atoms with van der Waals surface area (Å²) in [6, 6.07) is 5.85. The third kappa shape index (κ3) is 6.88. The zero-order chi connectivity index (χ0) is 9.56. The molecule has 0 bridgehead atoms. The zero-order valence-electron chi connectivity index (χ0n) is 6.12. The van der Waals surface area contributed by atoms with Crippen LogP contribution in [0.5, 0.6) is 11.5 Å². The van der Waals surface area contributed by atoms with E-state index in [0.29, 0.717) is 0 Å². The largest absolute Gasteiger partial charge is 0.631 e. The Morgan fingerprint density at radius 3 is 1.42 bits per heavy atom. The van der Waals surface area contributed by atoms with Crippen molar-refractivity contribution in [2.75, 3.05) is 0 Å². The maximum atomic E-state index is 8.65. The highest BCUT2D eigenvalue weighted by atomic mass is 16.5. The smallest absolute Gasteiger partial charge is 0.508 e. The molecule has 0 amide bonds. The molecule has 0 aromatic heterocycles. The van der Waals surface area contributed by atoms with Crippen LogP contribution in [-0.2, 0) is 0 Å². The topological polar surface area (TPSA) is 101 Å². The fourth-order valence-electron chi connectivity index (χ4n) is 0.493. The molecule has 6 heteroatoms. The summed E-state index contributed by atoms with van der Waals surface area (Å²) in [4.78, 5) is 0. The molecule has 0 aliphatic rings. The van der Waals surface area contributed by atoms with Crippen LogP contribution in [0.1, 0.15) is 0 Å². The second kappa shape index (κ2) is 5.42. The lowest BCUT2D eigenvalue weighted by atomic mass is 10.3. The second-order valence-electron chi connectivity index (χ2n) is 1.87. The van der Waals surface area contributed by atoms with E-state index in [4.69, 9.17) is 25.3 Å². The average molecular weight is 172 g/mol. The van der Waals surface area contributed by atoms with E-state index in [1.54, 1.807) is 6.07 Å². The van der Waals surface area contributed by atoms with Crippen molar-refractivity contribution in [1.82, 2.24) is 0 Å². The van der Waals surface area contributed by atoms with Crippen LogP contribution in [0, 0.1) is 0 Å². The molecule has 0 saturated carbocycles. The first kappa shape index (κ1) is 10.8. The number of hydrogen-bond acceptors (Lipinski definition) is 5. The van der Waals surface area contributed by atoms with Gasteiger partial charge in [0.05, 0.1) is 0 Å². The van der Waals surface area contributed by atoms with Crippen LogP contribution >= 0.6 is 0 Å². The minimum atomic E-state index is -2.17. The van der Waals surface area contributed by atoms with Crippen LogP contribution in [0.25, 0.3) is 0 Å². The van der Waals surface area contributed by atoms with Gasteiger partial charge < -0.3 is 25.3 Å². The quantitative estimate of drug-likeness (QED) is 0.324. The number of aromatic hydroxyl groups is 2. The number of rotatable bonds is 0. The van der Waals surface area contributed by atoms with Crippen LogP contribution < -0.4 is 0 Å². The molecule has 66 valence electrons. The van der Waals surface area contributed by atoms with Gasteiger partial charge in [-0.05, 0) is 12.1 Å². The van der Waals surface area contributed by atoms with Crippen molar-refractivity contribution in [3.05, 3.63) is 24.3 Å². The van der Waals surface area contributed by atoms with Gasteiger partial charge in [-0.2, -0.15) is 0 Å². The molecule has 0 saturated heterocycles. The molecule has 5 N–H and O–H groups in total. The molecule has 1 aromatic rings. The van der Waals surface area contributed by atoms with Crippen molar-refractivity contribution in [3.8, 4) is 11.5 Å². The van der Waals surface area contributed by atoms with E-state index in [-0.39, 0.29) is 11.5 Å².